The molecule has 5 nitrogen and oxygen atoms in total. The molecule has 3 N–H and O–H groups in total. The van der Waals surface area contributed by atoms with Crippen molar-refractivity contribution in [3.8, 4) is 0 Å². The SMILES string of the molecule is C=CC[C@H](C)CNC[C@@H](O)[C@H](Cc1ccccc1)NC(=O)OC(C)(C)C. The Labute approximate surface area is 157 Å². The van der Waals surface area contributed by atoms with E-state index in [1.807, 2.05) is 57.2 Å². The van der Waals surface area contributed by atoms with E-state index < -0.39 is 23.8 Å². The minimum Gasteiger partial charge on any atom is -0.444 e. The highest BCUT2D eigenvalue weighted by molar-refractivity contribution is 5.68. The van der Waals surface area contributed by atoms with Crippen molar-refractivity contribution in [3.05, 3.63) is 48.6 Å². The molecule has 0 aliphatic heterocycles. The van der Waals surface area contributed by atoms with Gasteiger partial charge in [0, 0.05) is 6.54 Å². The molecule has 26 heavy (non-hydrogen) atoms. The van der Waals surface area contributed by atoms with Crippen LogP contribution in [0.25, 0.3) is 0 Å². The number of nitrogens with one attached hydrogen (secondary N) is 2. The fourth-order valence-electron chi connectivity index (χ4n) is 2.60. The number of aliphatic hydroxyl groups is 1. The molecule has 0 saturated heterocycles. The maximum Gasteiger partial charge on any atom is 0.407 e. The van der Waals surface area contributed by atoms with Gasteiger partial charge < -0.3 is 20.5 Å². The van der Waals surface area contributed by atoms with Crippen LogP contribution >= 0.6 is 0 Å². The number of hydrogen-bond donors (Lipinski definition) is 3. The summed E-state index contributed by atoms with van der Waals surface area (Å²) in [5, 5.41) is 16.7. The monoisotopic (exact) mass is 362 g/mol. The largest absolute Gasteiger partial charge is 0.444 e. The van der Waals surface area contributed by atoms with E-state index in [0.29, 0.717) is 18.9 Å². The normalized spacial score (nSPS) is 15.0. The van der Waals surface area contributed by atoms with Gasteiger partial charge in [-0.05, 0) is 51.6 Å². The van der Waals surface area contributed by atoms with E-state index in [-0.39, 0.29) is 0 Å². The molecule has 1 amide bonds. The summed E-state index contributed by atoms with van der Waals surface area (Å²) in [5.41, 5.74) is 0.470. The molecule has 0 unspecified atom stereocenters. The Morgan fingerprint density at radius 2 is 1.92 bits per heavy atom. The smallest absolute Gasteiger partial charge is 0.407 e. The third-order valence-electron chi connectivity index (χ3n) is 3.88. The lowest BCUT2D eigenvalue weighted by Crippen LogP contribution is -2.50. The molecule has 1 aromatic rings. The Morgan fingerprint density at radius 3 is 2.50 bits per heavy atom. The maximum atomic E-state index is 12.2. The second kappa shape index (κ2) is 11.0. The molecular weight excluding hydrogens is 328 g/mol. The van der Waals surface area contributed by atoms with Crippen molar-refractivity contribution in [1.29, 1.82) is 0 Å². The van der Waals surface area contributed by atoms with Gasteiger partial charge in [-0.15, -0.1) is 6.58 Å². The van der Waals surface area contributed by atoms with Crippen LogP contribution in [0.1, 0.15) is 39.7 Å². The van der Waals surface area contributed by atoms with Gasteiger partial charge in [0.05, 0.1) is 12.1 Å². The van der Waals surface area contributed by atoms with Gasteiger partial charge in [-0.25, -0.2) is 4.79 Å². The van der Waals surface area contributed by atoms with E-state index in [1.54, 1.807) is 0 Å². The fourth-order valence-corrected chi connectivity index (χ4v) is 2.60. The number of benzene rings is 1. The number of aliphatic hydroxyl groups excluding tert-OH is 1. The molecule has 0 heterocycles. The minimum absolute atomic E-state index is 0.398. The van der Waals surface area contributed by atoms with Crippen LogP contribution < -0.4 is 10.6 Å². The highest BCUT2D eigenvalue weighted by Crippen LogP contribution is 2.10. The van der Waals surface area contributed by atoms with E-state index in [9.17, 15) is 9.90 Å². The molecular formula is C21H34N2O3. The standard InChI is InChI=1S/C21H34N2O3/c1-6-10-16(2)14-22-15-19(24)18(13-17-11-8-7-9-12-17)23-20(25)26-21(3,4)5/h6-9,11-12,16,18-19,22,24H,1,10,13-15H2,2-5H3,(H,23,25)/t16-,18-,19+/m0/s1. The maximum absolute atomic E-state index is 12.2. The zero-order chi connectivity index (χ0) is 19.6. The van der Waals surface area contributed by atoms with Gasteiger partial charge in [0.2, 0.25) is 0 Å². The van der Waals surface area contributed by atoms with Crippen molar-refractivity contribution in [2.24, 2.45) is 5.92 Å². The molecule has 1 aromatic carbocycles. The number of carbonyl (C=O) groups excluding carboxylic acids is 1. The fraction of sp³-hybridized carbons (Fsp3) is 0.571. The predicted molar refractivity (Wildman–Crippen MR) is 106 cm³/mol. The van der Waals surface area contributed by atoms with Crippen LogP contribution in [0.4, 0.5) is 4.79 Å². The van der Waals surface area contributed by atoms with Crippen LogP contribution in [0.15, 0.2) is 43.0 Å². The third kappa shape index (κ3) is 9.59. The first-order chi connectivity index (χ1) is 12.2. The average molecular weight is 363 g/mol. The molecule has 146 valence electrons. The van der Waals surface area contributed by atoms with E-state index in [2.05, 4.69) is 24.1 Å². The van der Waals surface area contributed by atoms with Gasteiger partial charge >= 0.3 is 6.09 Å². The Bertz CT molecular complexity index is 540. The number of amides is 1. The number of rotatable bonds is 10. The number of carbonyl (C=O) groups is 1. The van der Waals surface area contributed by atoms with Crippen LogP contribution in [0.3, 0.4) is 0 Å². The number of ether oxygens (including phenoxy) is 1. The zero-order valence-corrected chi connectivity index (χ0v) is 16.5. The molecule has 0 fully saturated rings. The average Bonchev–Trinajstić information content (AvgIpc) is 2.53. The van der Waals surface area contributed by atoms with Crippen molar-refractivity contribution < 1.29 is 14.6 Å². The van der Waals surface area contributed by atoms with E-state index >= 15 is 0 Å². The molecule has 0 bridgehead atoms. The summed E-state index contributed by atoms with van der Waals surface area (Å²) in [6.45, 7) is 12.5. The first-order valence-corrected chi connectivity index (χ1v) is 9.24. The highest BCUT2D eigenvalue weighted by atomic mass is 16.6. The summed E-state index contributed by atoms with van der Waals surface area (Å²) in [6.07, 6.45) is 2.11. The third-order valence-corrected chi connectivity index (χ3v) is 3.88. The van der Waals surface area contributed by atoms with Gasteiger partial charge in [-0.2, -0.15) is 0 Å². The van der Waals surface area contributed by atoms with Crippen LogP contribution in [0.5, 0.6) is 0 Å². The van der Waals surface area contributed by atoms with E-state index in [0.717, 1.165) is 18.5 Å². The Kier molecular flexibility index (Phi) is 9.38. The second-order valence-electron chi connectivity index (χ2n) is 7.80. The van der Waals surface area contributed by atoms with Crippen molar-refractivity contribution in [2.75, 3.05) is 13.1 Å². The van der Waals surface area contributed by atoms with Crippen LogP contribution in [-0.4, -0.2) is 42.0 Å². The molecule has 0 spiro atoms. The lowest BCUT2D eigenvalue weighted by molar-refractivity contribution is 0.0422. The summed E-state index contributed by atoms with van der Waals surface area (Å²) in [5.74, 6) is 0.450. The molecule has 5 heteroatoms. The topological polar surface area (TPSA) is 70.6 Å². The lowest BCUT2D eigenvalue weighted by atomic mass is 10.0. The number of hydrogen-bond acceptors (Lipinski definition) is 4. The van der Waals surface area contributed by atoms with E-state index in [1.165, 1.54) is 0 Å². The van der Waals surface area contributed by atoms with Crippen molar-refractivity contribution in [1.82, 2.24) is 10.6 Å². The predicted octanol–water partition coefficient (Wildman–Crippen LogP) is 3.29. The van der Waals surface area contributed by atoms with Crippen molar-refractivity contribution in [2.45, 2.75) is 58.3 Å². The van der Waals surface area contributed by atoms with Crippen LogP contribution in [0, 0.1) is 5.92 Å². The Hall–Kier alpha value is -1.85. The summed E-state index contributed by atoms with van der Waals surface area (Å²) in [7, 11) is 0. The summed E-state index contributed by atoms with van der Waals surface area (Å²) >= 11 is 0. The highest BCUT2D eigenvalue weighted by Gasteiger charge is 2.24. The van der Waals surface area contributed by atoms with Gasteiger partial charge in [-0.3, -0.25) is 0 Å². The van der Waals surface area contributed by atoms with Crippen LogP contribution in [0.2, 0.25) is 0 Å². The molecule has 0 saturated carbocycles. The second-order valence-corrected chi connectivity index (χ2v) is 7.80. The first-order valence-electron chi connectivity index (χ1n) is 9.24. The first kappa shape index (κ1) is 22.2. The molecule has 3 atom stereocenters. The quantitative estimate of drug-likeness (QED) is 0.559. The van der Waals surface area contributed by atoms with Crippen LogP contribution in [-0.2, 0) is 11.2 Å². The van der Waals surface area contributed by atoms with Gasteiger partial charge in [0.15, 0.2) is 0 Å². The number of allylic oxidation sites excluding steroid dienone is 1. The molecule has 1 rings (SSSR count). The minimum atomic E-state index is -0.723. The van der Waals surface area contributed by atoms with E-state index in [4.69, 9.17) is 4.74 Å². The van der Waals surface area contributed by atoms with Gasteiger partial charge in [-0.1, -0.05) is 43.3 Å². The Balaban J connectivity index is 2.66. The summed E-state index contributed by atoms with van der Waals surface area (Å²) in [6, 6.07) is 9.36. The van der Waals surface area contributed by atoms with Crippen molar-refractivity contribution in [3.63, 3.8) is 0 Å². The summed E-state index contributed by atoms with van der Waals surface area (Å²) in [4.78, 5) is 12.2. The van der Waals surface area contributed by atoms with Gasteiger partial charge in [0.1, 0.15) is 5.60 Å². The molecule has 0 aliphatic carbocycles. The van der Waals surface area contributed by atoms with Crippen molar-refractivity contribution >= 4 is 6.09 Å². The molecule has 0 aromatic heterocycles. The zero-order valence-electron chi connectivity index (χ0n) is 16.5. The molecule has 0 radical (unpaired) electrons. The Morgan fingerprint density at radius 1 is 1.27 bits per heavy atom. The van der Waals surface area contributed by atoms with Gasteiger partial charge in [0.25, 0.3) is 0 Å². The molecule has 0 aliphatic rings. The number of alkyl carbamates (subject to hydrolysis) is 1. The lowest BCUT2D eigenvalue weighted by Gasteiger charge is -2.27. The summed E-state index contributed by atoms with van der Waals surface area (Å²) < 4.78 is 5.34.